The number of benzene rings is 1. The Kier molecular flexibility index (Phi) is 3.62. The maximum absolute atomic E-state index is 12.6. The highest BCUT2D eigenvalue weighted by atomic mass is 16.3. The summed E-state index contributed by atoms with van der Waals surface area (Å²) in [5.41, 5.74) is 1.44. The Balaban J connectivity index is 1.48. The van der Waals surface area contributed by atoms with E-state index in [4.69, 9.17) is 9.68 Å². The molecule has 5 heteroatoms. The molecule has 4 rings (SSSR count). The third kappa shape index (κ3) is 2.70. The van der Waals surface area contributed by atoms with Crippen LogP contribution >= 0.6 is 0 Å². The van der Waals surface area contributed by atoms with Crippen LogP contribution in [0.25, 0.3) is 0 Å². The smallest absolute Gasteiger partial charge is 0.227 e. The minimum atomic E-state index is 0.0202. The van der Waals surface area contributed by atoms with Gasteiger partial charge in [0, 0.05) is 30.6 Å². The molecule has 2 fully saturated rings. The summed E-state index contributed by atoms with van der Waals surface area (Å²) in [7, 11) is 0. The minimum absolute atomic E-state index is 0.0202. The van der Waals surface area contributed by atoms with Crippen molar-refractivity contribution in [3.63, 3.8) is 0 Å². The number of rotatable bonds is 3. The summed E-state index contributed by atoms with van der Waals surface area (Å²) < 4.78 is 5.43. The fourth-order valence-electron chi connectivity index (χ4n) is 3.93. The molecule has 1 amide bonds. The Morgan fingerprint density at radius 1 is 1.25 bits per heavy atom. The lowest BCUT2D eigenvalue weighted by molar-refractivity contribution is -0.117. The highest BCUT2D eigenvalue weighted by Gasteiger charge is 2.47. The number of nitriles is 1. The lowest BCUT2D eigenvalue weighted by Gasteiger charge is -2.24. The van der Waals surface area contributed by atoms with Gasteiger partial charge in [0.05, 0.1) is 24.4 Å². The monoisotopic (exact) mass is 321 g/mol. The lowest BCUT2D eigenvalue weighted by atomic mass is 9.86. The summed E-state index contributed by atoms with van der Waals surface area (Å²) in [5, 5.41) is 9.06. The van der Waals surface area contributed by atoms with Crippen LogP contribution < -0.4 is 4.90 Å². The maximum Gasteiger partial charge on any atom is 0.227 e. The van der Waals surface area contributed by atoms with Gasteiger partial charge in [-0.3, -0.25) is 9.69 Å². The largest absolute Gasteiger partial charge is 0.468 e. The number of nitrogens with zero attached hydrogens (tertiary/aromatic N) is 3. The van der Waals surface area contributed by atoms with Crippen molar-refractivity contribution in [3.05, 3.63) is 54.0 Å². The molecule has 0 radical (unpaired) electrons. The van der Waals surface area contributed by atoms with Crippen LogP contribution in [0.15, 0.2) is 47.1 Å². The van der Waals surface area contributed by atoms with Crippen LogP contribution in [0.3, 0.4) is 0 Å². The first-order valence-electron chi connectivity index (χ1n) is 8.23. The van der Waals surface area contributed by atoms with Gasteiger partial charge in [-0.05, 0) is 43.3 Å². The van der Waals surface area contributed by atoms with Crippen LogP contribution in [0.4, 0.5) is 5.69 Å². The van der Waals surface area contributed by atoms with E-state index in [1.54, 1.807) is 18.4 Å². The fourth-order valence-corrected chi connectivity index (χ4v) is 3.93. The molecule has 1 aromatic heterocycles. The van der Waals surface area contributed by atoms with Crippen LogP contribution in [0, 0.1) is 16.7 Å². The summed E-state index contributed by atoms with van der Waals surface area (Å²) >= 11 is 0. The SMILES string of the molecule is N#Cc1cccc(N2CC3(CCN(Cc4ccco4)C3)CC2=O)c1. The first-order valence-corrected chi connectivity index (χ1v) is 8.23. The van der Waals surface area contributed by atoms with E-state index < -0.39 is 0 Å². The van der Waals surface area contributed by atoms with Crippen molar-refractivity contribution >= 4 is 11.6 Å². The lowest BCUT2D eigenvalue weighted by Crippen LogP contribution is -2.31. The zero-order valence-electron chi connectivity index (χ0n) is 13.4. The van der Waals surface area contributed by atoms with Crippen LogP contribution in [0.5, 0.6) is 0 Å². The molecule has 3 heterocycles. The molecule has 2 aliphatic rings. The first-order chi connectivity index (χ1) is 11.7. The van der Waals surface area contributed by atoms with E-state index >= 15 is 0 Å². The van der Waals surface area contributed by atoms with Crippen molar-refractivity contribution < 1.29 is 9.21 Å². The van der Waals surface area contributed by atoms with E-state index in [-0.39, 0.29) is 11.3 Å². The molecule has 0 bridgehead atoms. The summed E-state index contributed by atoms with van der Waals surface area (Å²) in [4.78, 5) is 16.8. The van der Waals surface area contributed by atoms with E-state index in [0.29, 0.717) is 12.0 Å². The maximum atomic E-state index is 12.6. The molecule has 2 aromatic rings. The Morgan fingerprint density at radius 2 is 2.17 bits per heavy atom. The molecule has 2 saturated heterocycles. The number of likely N-dealkylation sites (tertiary alicyclic amines) is 1. The second-order valence-electron chi connectivity index (χ2n) is 6.86. The van der Waals surface area contributed by atoms with Gasteiger partial charge in [0.2, 0.25) is 5.91 Å². The molecule has 0 saturated carbocycles. The van der Waals surface area contributed by atoms with Gasteiger partial charge in [-0.1, -0.05) is 6.07 Å². The van der Waals surface area contributed by atoms with Crippen LogP contribution in [-0.2, 0) is 11.3 Å². The van der Waals surface area contributed by atoms with Crippen LogP contribution in [0.1, 0.15) is 24.2 Å². The number of hydrogen-bond acceptors (Lipinski definition) is 4. The summed E-state index contributed by atoms with van der Waals surface area (Å²) in [5.74, 6) is 1.12. The molecule has 0 N–H and O–H groups in total. The fraction of sp³-hybridized carbons (Fsp3) is 0.368. The van der Waals surface area contributed by atoms with E-state index in [9.17, 15) is 4.79 Å². The molecule has 2 aliphatic heterocycles. The zero-order chi connectivity index (χ0) is 16.6. The summed E-state index contributed by atoms with van der Waals surface area (Å²) in [6.45, 7) is 3.43. The normalized spacial score (nSPS) is 24.0. The van der Waals surface area contributed by atoms with Crippen molar-refractivity contribution in [2.24, 2.45) is 5.41 Å². The molecule has 1 spiro atoms. The summed E-state index contributed by atoms with van der Waals surface area (Å²) in [6, 6.07) is 13.3. The van der Waals surface area contributed by atoms with Crippen LogP contribution in [0.2, 0.25) is 0 Å². The van der Waals surface area contributed by atoms with Crippen molar-refractivity contribution in [2.45, 2.75) is 19.4 Å². The molecule has 24 heavy (non-hydrogen) atoms. The van der Waals surface area contributed by atoms with E-state index in [1.807, 2.05) is 29.2 Å². The average molecular weight is 321 g/mol. The van der Waals surface area contributed by atoms with Gasteiger partial charge < -0.3 is 9.32 Å². The molecule has 1 unspecified atom stereocenters. The van der Waals surface area contributed by atoms with E-state index in [2.05, 4.69) is 11.0 Å². The van der Waals surface area contributed by atoms with Gasteiger partial charge in [-0.25, -0.2) is 0 Å². The molecular formula is C19H19N3O2. The van der Waals surface area contributed by atoms with Crippen molar-refractivity contribution in [1.82, 2.24) is 4.90 Å². The van der Waals surface area contributed by atoms with Crippen molar-refractivity contribution in [3.8, 4) is 6.07 Å². The van der Waals surface area contributed by atoms with Gasteiger partial charge in [-0.2, -0.15) is 5.26 Å². The first kappa shape index (κ1) is 15.0. The number of hydrogen-bond donors (Lipinski definition) is 0. The number of amides is 1. The quantitative estimate of drug-likeness (QED) is 0.872. The van der Waals surface area contributed by atoms with Gasteiger partial charge >= 0.3 is 0 Å². The van der Waals surface area contributed by atoms with Crippen LogP contribution in [-0.4, -0.2) is 30.4 Å². The van der Waals surface area contributed by atoms with Crippen molar-refractivity contribution in [1.29, 1.82) is 5.26 Å². The van der Waals surface area contributed by atoms with Gasteiger partial charge in [0.1, 0.15) is 5.76 Å². The molecule has 5 nitrogen and oxygen atoms in total. The highest BCUT2D eigenvalue weighted by molar-refractivity contribution is 5.96. The molecule has 1 atom stereocenters. The number of furan rings is 1. The van der Waals surface area contributed by atoms with Gasteiger partial charge in [0.15, 0.2) is 0 Å². The molecule has 122 valence electrons. The van der Waals surface area contributed by atoms with Gasteiger partial charge in [-0.15, -0.1) is 0 Å². The topological polar surface area (TPSA) is 60.5 Å². The number of carbonyl (C=O) groups is 1. The predicted molar refractivity (Wildman–Crippen MR) is 89.2 cm³/mol. The van der Waals surface area contributed by atoms with Crippen molar-refractivity contribution in [2.75, 3.05) is 24.5 Å². The Labute approximate surface area is 141 Å². The number of anilines is 1. The van der Waals surface area contributed by atoms with E-state index in [1.165, 1.54) is 0 Å². The minimum Gasteiger partial charge on any atom is -0.468 e. The third-order valence-electron chi connectivity index (χ3n) is 5.08. The Hall–Kier alpha value is -2.58. The molecule has 1 aromatic carbocycles. The van der Waals surface area contributed by atoms with Gasteiger partial charge in [0.25, 0.3) is 0 Å². The standard InChI is InChI=1S/C19H19N3O2/c20-11-15-3-1-4-16(9-15)22-14-19(10-18(22)23)6-7-21(13-19)12-17-5-2-8-24-17/h1-5,8-9H,6-7,10,12-14H2. The number of carbonyl (C=O) groups excluding carboxylic acids is 1. The predicted octanol–water partition coefficient (Wildman–Crippen LogP) is 2.78. The second-order valence-corrected chi connectivity index (χ2v) is 6.86. The second kappa shape index (κ2) is 5.81. The third-order valence-corrected chi connectivity index (χ3v) is 5.08. The zero-order valence-corrected chi connectivity index (χ0v) is 13.4. The highest BCUT2D eigenvalue weighted by Crippen LogP contribution is 2.42. The molecule has 0 aliphatic carbocycles. The Morgan fingerprint density at radius 3 is 2.96 bits per heavy atom. The van der Waals surface area contributed by atoms with E-state index in [0.717, 1.165) is 44.0 Å². The molecular weight excluding hydrogens is 302 g/mol. The average Bonchev–Trinajstić information content (AvgIpc) is 3.30. The summed E-state index contributed by atoms with van der Waals surface area (Å²) in [6.07, 6.45) is 3.30. The Bertz CT molecular complexity index is 793.